The highest BCUT2D eigenvalue weighted by atomic mass is 16.5. The zero-order valence-corrected chi connectivity index (χ0v) is 9.96. The minimum Gasteiger partial charge on any atom is -0.491 e. The summed E-state index contributed by atoms with van der Waals surface area (Å²) in [5, 5.41) is 2.84. The lowest BCUT2D eigenvalue weighted by atomic mass is 9.87. The average Bonchev–Trinajstić information content (AvgIpc) is 2.35. The van der Waals surface area contributed by atoms with Gasteiger partial charge in [0, 0.05) is 0 Å². The van der Waals surface area contributed by atoms with Gasteiger partial charge in [-0.3, -0.25) is 4.79 Å². The van der Waals surface area contributed by atoms with Crippen LogP contribution in [0.5, 0.6) is 5.75 Å². The Morgan fingerprint density at radius 3 is 2.75 bits per heavy atom. The first-order chi connectivity index (χ1) is 7.47. The number of nitrogens with one attached hydrogen (secondary N) is 1. The number of carbonyl (C=O) groups is 1. The van der Waals surface area contributed by atoms with Crippen LogP contribution in [0.2, 0.25) is 0 Å². The standard InChI is InChI=1S/C13H17NO2/c1-13(2,3)9-4-5-10-11(8-9)16-7-6-12(15)14-10/h4-5,8H,6-7H2,1-3H3,(H,14,15). The number of hydrogen-bond donors (Lipinski definition) is 1. The molecule has 0 aromatic heterocycles. The quantitative estimate of drug-likeness (QED) is 0.728. The van der Waals surface area contributed by atoms with Crippen molar-refractivity contribution in [1.29, 1.82) is 0 Å². The van der Waals surface area contributed by atoms with E-state index in [9.17, 15) is 4.79 Å². The highest BCUT2D eigenvalue weighted by Crippen LogP contribution is 2.32. The first-order valence-corrected chi connectivity index (χ1v) is 5.54. The Bertz CT molecular complexity index is 418. The summed E-state index contributed by atoms with van der Waals surface area (Å²) >= 11 is 0. The highest BCUT2D eigenvalue weighted by Gasteiger charge is 2.18. The van der Waals surface area contributed by atoms with Crippen molar-refractivity contribution < 1.29 is 9.53 Å². The van der Waals surface area contributed by atoms with Crippen molar-refractivity contribution in [2.75, 3.05) is 11.9 Å². The molecule has 2 rings (SSSR count). The van der Waals surface area contributed by atoms with E-state index >= 15 is 0 Å². The molecule has 0 spiro atoms. The van der Waals surface area contributed by atoms with Crippen LogP contribution in [-0.2, 0) is 10.2 Å². The van der Waals surface area contributed by atoms with E-state index in [0.717, 1.165) is 11.4 Å². The summed E-state index contributed by atoms with van der Waals surface area (Å²) in [5.74, 6) is 0.792. The third-order valence-corrected chi connectivity index (χ3v) is 2.71. The minimum atomic E-state index is 0.0160. The van der Waals surface area contributed by atoms with Crippen molar-refractivity contribution in [2.24, 2.45) is 0 Å². The van der Waals surface area contributed by atoms with Gasteiger partial charge in [0.15, 0.2) is 0 Å². The maximum atomic E-state index is 11.3. The predicted molar refractivity (Wildman–Crippen MR) is 63.9 cm³/mol. The number of hydrogen-bond acceptors (Lipinski definition) is 2. The van der Waals surface area contributed by atoms with Crippen LogP contribution in [0.1, 0.15) is 32.8 Å². The van der Waals surface area contributed by atoms with Crippen LogP contribution in [0.3, 0.4) is 0 Å². The molecule has 0 saturated carbocycles. The smallest absolute Gasteiger partial charge is 0.227 e. The van der Waals surface area contributed by atoms with Gasteiger partial charge in [-0.05, 0) is 23.1 Å². The second-order valence-electron chi connectivity index (χ2n) is 5.11. The van der Waals surface area contributed by atoms with Gasteiger partial charge in [0.25, 0.3) is 0 Å². The number of ether oxygens (including phenoxy) is 1. The van der Waals surface area contributed by atoms with Crippen molar-refractivity contribution in [2.45, 2.75) is 32.6 Å². The fourth-order valence-corrected chi connectivity index (χ4v) is 1.68. The van der Waals surface area contributed by atoms with Crippen LogP contribution < -0.4 is 10.1 Å². The van der Waals surface area contributed by atoms with E-state index in [0.29, 0.717) is 13.0 Å². The Morgan fingerprint density at radius 2 is 2.06 bits per heavy atom. The van der Waals surface area contributed by atoms with Gasteiger partial charge >= 0.3 is 0 Å². The molecule has 0 fully saturated rings. The Balaban J connectivity index is 2.39. The average molecular weight is 219 g/mol. The molecule has 16 heavy (non-hydrogen) atoms. The maximum absolute atomic E-state index is 11.3. The summed E-state index contributed by atoms with van der Waals surface area (Å²) < 4.78 is 5.57. The maximum Gasteiger partial charge on any atom is 0.227 e. The van der Waals surface area contributed by atoms with Crippen molar-refractivity contribution in [3.63, 3.8) is 0 Å². The van der Waals surface area contributed by atoms with Gasteiger partial charge in [0.1, 0.15) is 5.75 Å². The van der Waals surface area contributed by atoms with Crippen molar-refractivity contribution in [3.05, 3.63) is 23.8 Å². The normalized spacial score (nSPS) is 15.8. The van der Waals surface area contributed by atoms with Gasteiger partial charge in [-0.25, -0.2) is 0 Å². The number of rotatable bonds is 0. The number of anilines is 1. The largest absolute Gasteiger partial charge is 0.491 e. The van der Waals surface area contributed by atoms with Crippen molar-refractivity contribution >= 4 is 11.6 Å². The topological polar surface area (TPSA) is 38.3 Å². The summed E-state index contributed by atoms with van der Waals surface area (Å²) in [4.78, 5) is 11.3. The van der Waals surface area contributed by atoms with Crippen LogP contribution >= 0.6 is 0 Å². The van der Waals surface area contributed by atoms with E-state index in [2.05, 4.69) is 26.1 Å². The first-order valence-electron chi connectivity index (χ1n) is 5.54. The summed E-state index contributed by atoms with van der Waals surface area (Å²) in [7, 11) is 0. The lowest BCUT2D eigenvalue weighted by Gasteiger charge is -2.20. The fraction of sp³-hybridized carbons (Fsp3) is 0.462. The molecule has 0 bridgehead atoms. The van der Waals surface area contributed by atoms with E-state index < -0.39 is 0 Å². The molecule has 3 heteroatoms. The predicted octanol–water partition coefficient (Wildman–Crippen LogP) is 2.71. The van der Waals surface area contributed by atoms with Crippen LogP contribution in [0.15, 0.2) is 18.2 Å². The molecule has 0 radical (unpaired) electrons. The molecular weight excluding hydrogens is 202 g/mol. The fourth-order valence-electron chi connectivity index (χ4n) is 1.68. The number of carbonyl (C=O) groups excluding carboxylic acids is 1. The molecule has 1 aliphatic rings. The third-order valence-electron chi connectivity index (χ3n) is 2.71. The van der Waals surface area contributed by atoms with E-state index in [-0.39, 0.29) is 11.3 Å². The molecule has 3 nitrogen and oxygen atoms in total. The zero-order chi connectivity index (χ0) is 11.8. The van der Waals surface area contributed by atoms with E-state index in [4.69, 9.17) is 4.74 Å². The van der Waals surface area contributed by atoms with Gasteiger partial charge in [-0.1, -0.05) is 26.8 Å². The third kappa shape index (κ3) is 2.18. The molecule has 0 unspecified atom stereocenters. The molecule has 1 amide bonds. The summed E-state index contributed by atoms with van der Waals surface area (Å²) in [6, 6.07) is 5.97. The SMILES string of the molecule is CC(C)(C)c1ccc2c(c1)OCCC(=O)N2. The van der Waals surface area contributed by atoms with Crippen LogP contribution in [0, 0.1) is 0 Å². The van der Waals surface area contributed by atoms with Crippen molar-refractivity contribution in [1.82, 2.24) is 0 Å². The molecule has 1 aromatic rings. The highest BCUT2D eigenvalue weighted by molar-refractivity contribution is 5.93. The Morgan fingerprint density at radius 1 is 1.31 bits per heavy atom. The second kappa shape index (κ2) is 3.81. The van der Waals surface area contributed by atoms with E-state index in [1.54, 1.807) is 0 Å². The summed E-state index contributed by atoms with van der Waals surface area (Å²) in [5.41, 5.74) is 2.08. The van der Waals surface area contributed by atoms with Gasteiger partial charge < -0.3 is 10.1 Å². The van der Waals surface area contributed by atoms with Gasteiger partial charge in [-0.2, -0.15) is 0 Å². The summed E-state index contributed by atoms with van der Waals surface area (Å²) in [6.45, 7) is 6.92. The van der Waals surface area contributed by atoms with Gasteiger partial charge in [0.05, 0.1) is 18.7 Å². The van der Waals surface area contributed by atoms with Gasteiger partial charge in [0.2, 0.25) is 5.91 Å². The van der Waals surface area contributed by atoms with Crippen LogP contribution in [-0.4, -0.2) is 12.5 Å². The minimum absolute atomic E-state index is 0.0160. The molecule has 1 N–H and O–H groups in total. The van der Waals surface area contributed by atoms with Crippen LogP contribution in [0.25, 0.3) is 0 Å². The lowest BCUT2D eigenvalue weighted by molar-refractivity contribution is -0.116. The Kier molecular flexibility index (Phi) is 2.62. The second-order valence-corrected chi connectivity index (χ2v) is 5.11. The van der Waals surface area contributed by atoms with Gasteiger partial charge in [-0.15, -0.1) is 0 Å². The monoisotopic (exact) mass is 219 g/mol. The molecule has 0 aliphatic carbocycles. The molecule has 0 saturated heterocycles. The zero-order valence-electron chi connectivity index (χ0n) is 9.96. The number of fused-ring (bicyclic) bond motifs is 1. The lowest BCUT2D eigenvalue weighted by Crippen LogP contribution is -2.12. The molecule has 86 valence electrons. The molecule has 1 heterocycles. The van der Waals surface area contributed by atoms with Crippen LogP contribution in [0.4, 0.5) is 5.69 Å². The summed E-state index contributed by atoms with van der Waals surface area (Å²) in [6.07, 6.45) is 0.416. The van der Waals surface area contributed by atoms with Crippen molar-refractivity contribution in [3.8, 4) is 5.75 Å². The van der Waals surface area contributed by atoms with E-state index in [1.165, 1.54) is 5.56 Å². The first kappa shape index (κ1) is 11.0. The van der Waals surface area contributed by atoms with E-state index in [1.807, 2.05) is 18.2 Å². The molecule has 1 aromatic carbocycles. The Labute approximate surface area is 95.8 Å². The molecular formula is C13H17NO2. The molecule has 1 aliphatic heterocycles. The molecule has 0 atom stereocenters. The number of benzene rings is 1. The number of amides is 1. The Hall–Kier alpha value is -1.51.